The number of ketones is 1. The van der Waals surface area contributed by atoms with Crippen LogP contribution in [0.5, 0.6) is 0 Å². The van der Waals surface area contributed by atoms with E-state index in [1.165, 1.54) is 0 Å². The molecule has 3 nitrogen and oxygen atoms in total. The summed E-state index contributed by atoms with van der Waals surface area (Å²) in [6.07, 6.45) is 2.55. The lowest BCUT2D eigenvalue weighted by molar-refractivity contribution is -0.130. The van der Waals surface area contributed by atoms with Crippen molar-refractivity contribution in [3.63, 3.8) is 0 Å². The van der Waals surface area contributed by atoms with Crippen LogP contribution >= 0.6 is 0 Å². The minimum absolute atomic E-state index is 0.0961. The lowest BCUT2D eigenvalue weighted by Gasteiger charge is -2.21. The number of carbonyl (C=O) groups excluding carboxylic acids is 2. The number of likely N-dealkylation sites (tertiary alicyclic amines) is 1. The van der Waals surface area contributed by atoms with Crippen LogP contribution in [0.4, 0.5) is 0 Å². The molecule has 1 saturated heterocycles. The van der Waals surface area contributed by atoms with Gasteiger partial charge >= 0.3 is 0 Å². The zero-order valence-corrected chi connectivity index (χ0v) is 7.67. The highest BCUT2D eigenvalue weighted by Crippen LogP contribution is 2.19. The summed E-state index contributed by atoms with van der Waals surface area (Å²) < 4.78 is 0. The topological polar surface area (TPSA) is 37.4 Å². The van der Waals surface area contributed by atoms with Crippen LogP contribution in [0.25, 0.3) is 0 Å². The van der Waals surface area contributed by atoms with Gasteiger partial charge in [0.25, 0.3) is 0 Å². The van der Waals surface area contributed by atoms with Crippen LogP contribution in [0.2, 0.25) is 0 Å². The molecule has 0 bridgehead atoms. The minimum atomic E-state index is 0.0961. The molecule has 1 rings (SSSR count). The number of rotatable bonds is 2. The third-order valence-corrected chi connectivity index (χ3v) is 2.30. The average molecular weight is 169 g/mol. The van der Waals surface area contributed by atoms with Gasteiger partial charge in [0.15, 0.2) is 0 Å². The lowest BCUT2D eigenvalue weighted by atomic mass is 10.1. The largest absolute Gasteiger partial charge is 0.340 e. The molecule has 1 atom stereocenters. The Bertz CT molecular complexity index is 201. The molecule has 1 fully saturated rings. The number of hydrogen-bond donors (Lipinski definition) is 0. The average Bonchev–Trinajstić information content (AvgIpc) is 2.33. The Morgan fingerprint density at radius 1 is 1.42 bits per heavy atom. The first-order chi connectivity index (χ1) is 5.61. The first kappa shape index (κ1) is 9.23. The molecule has 0 saturated carbocycles. The van der Waals surface area contributed by atoms with Crippen molar-refractivity contribution in [2.75, 3.05) is 6.54 Å². The molecule has 0 aromatic carbocycles. The highest BCUT2D eigenvalue weighted by Gasteiger charge is 2.26. The lowest BCUT2D eigenvalue weighted by Crippen LogP contribution is -2.34. The van der Waals surface area contributed by atoms with E-state index in [1.807, 2.05) is 0 Å². The van der Waals surface area contributed by atoms with Gasteiger partial charge in [-0.3, -0.25) is 9.59 Å². The van der Waals surface area contributed by atoms with E-state index in [0.717, 1.165) is 19.4 Å². The summed E-state index contributed by atoms with van der Waals surface area (Å²) in [6.45, 7) is 3.97. The van der Waals surface area contributed by atoms with Crippen LogP contribution in [0.1, 0.15) is 33.1 Å². The Labute approximate surface area is 72.7 Å². The summed E-state index contributed by atoms with van der Waals surface area (Å²) >= 11 is 0. The monoisotopic (exact) mass is 169 g/mol. The molecule has 0 aromatic heterocycles. The Balaban J connectivity index is 2.52. The second-order valence-electron chi connectivity index (χ2n) is 3.41. The summed E-state index contributed by atoms with van der Waals surface area (Å²) in [5, 5.41) is 0. The van der Waals surface area contributed by atoms with Crippen LogP contribution in [-0.4, -0.2) is 29.2 Å². The Morgan fingerprint density at radius 3 is 2.58 bits per heavy atom. The molecule has 12 heavy (non-hydrogen) atoms. The van der Waals surface area contributed by atoms with Crippen LogP contribution in [0, 0.1) is 0 Å². The number of hydrogen-bond acceptors (Lipinski definition) is 2. The maximum absolute atomic E-state index is 11.1. The molecule has 1 aliphatic heterocycles. The van der Waals surface area contributed by atoms with Crippen molar-refractivity contribution in [1.29, 1.82) is 0 Å². The van der Waals surface area contributed by atoms with E-state index in [9.17, 15) is 9.59 Å². The molecule has 0 radical (unpaired) electrons. The minimum Gasteiger partial charge on any atom is -0.340 e. The van der Waals surface area contributed by atoms with Crippen LogP contribution in [-0.2, 0) is 9.59 Å². The molecule has 0 aromatic rings. The van der Waals surface area contributed by atoms with E-state index in [4.69, 9.17) is 0 Å². The van der Waals surface area contributed by atoms with Crippen LogP contribution < -0.4 is 0 Å². The van der Waals surface area contributed by atoms with Crippen LogP contribution in [0.15, 0.2) is 0 Å². The van der Waals surface area contributed by atoms with Crippen molar-refractivity contribution in [3.05, 3.63) is 0 Å². The summed E-state index contributed by atoms with van der Waals surface area (Å²) in [6, 6.07) is 0.181. The Morgan fingerprint density at radius 2 is 2.08 bits per heavy atom. The first-order valence-corrected chi connectivity index (χ1v) is 4.38. The van der Waals surface area contributed by atoms with Gasteiger partial charge in [-0.15, -0.1) is 0 Å². The highest BCUT2D eigenvalue weighted by atomic mass is 16.2. The predicted molar refractivity (Wildman–Crippen MR) is 45.7 cm³/mol. The molecule has 0 aliphatic carbocycles. The summed E-state index contributed by atoms with van der Waals surface area (Å²) in [7, 11) is 0. The molecule has 0 spiro atoms. The maximum Gasteiger partial charge on any atom is 0.219 e. The fourth-order valence-corrected chi connectivity index (χ4v) is 1.79. The van der Waals surface area contributed by atoms with Crippen molar-refractivity contribution >= 4 is 11.7 Å². The molecule has 68 valence electrons. The summed E-state index contributed by atoms with van der Waals surface area (Å²) in [4.78, 5) is 23.7. The fourth-order valence-electron chi connectivity index (χ4n) is 1.79. The van der Waals surface area contributed by atoms with Gasteiger partial charge in [-0.25, -0.2) is 0 Å². The first-order valence-electron chi connectivity index (χ1n) is 4.38. The van der Waals surface area contributed by atoms with E-state index >= 15 is 0 Å². The van der Waals surface area contributed by atoms with Gasteiger partial charge in [0.2, 0.25) is 5.91 Å². The van der Waals surface area contributed by atoms with Crippen molar-refractivity contribution in [2.24, 2.45) is 0 Å². The Hall–Kier alpha value is -0.860. The molecular formula is C9H15NO2. The van der Waals surface area contributed by atoms with Gasteiger partial charge in [-0.2, -0.15) is 0 Å². The van der Waals surface area contributed by atoms with E-state index < -0.39 is 0 Å². The van der Waals surface area contributed by atoms with Gasteiger partial charge in [-0.1, -0.05) is 0 Å². The third kappa shape index (κ3) is 2.06. The number of nitrogens with zero attached hydrogens (tertiary/aromatic N) is 1. The van der Waals surface area contributed by atoms with Crippen molar-refractivity contribution in [3.8, 4) is 0 Å². The fraction of sp³-hybridized carbons (Fsp3) is 0.778. The molecule has 1 unspecified atom stereocenters. The second-order valence-corrected chi connectivity index (χ2v) is 3.41. The highest BCUT2D eigenvalue weighted by molar-refractivity contribution is 5.78. The zero-order chi connectivity index (χ0) is 9.14. The van der Waals surface area contributed by atoms with E-state index in [-0.39, 0.29) is 17.7 Å². The standard InChI is InChI=1S/C9H15NO2/c1-7(11)6-9-4-3-5-10(9)8(2)12/h9H,3-6H2,1-2H3. The van der Waals surface area contributed by atoms with Crippen molar-refractivity contribution in [2.45, 2.75) is 39.2 Å². The van der Waals surface area contributed by atoms with E-state index in [0.29, 0.717) is 6.42 Å². The van der Waals surface area contributed by atoms with E-state index in [2.05, 4.69) is 0 Å². The number of amides is 1. The Kier molecular flexibility index (Phi) is 2.84. The number of carbonyl (C=O) groups is 2. The van der Waals surface area contributed by atoms with Gasteiger partial charge in [0.1, 0.15) is 5.78 Å². The van der Waals surface area contributed by atoms with Crippen molar-refractivity contribution in [1.82, 2.24) is 4.90 Å². The normalized spacial score (nSPS) is 22.8. The molecule has 1 amide bonds. The molecule has 1 heterocycles. The second kappa shape index (κ2) is 3.70. The molecule has 3 heteroatoms. The summed E-state index contributed by atoms with van der Waals surface area (Å²) in [5.74, 6) is 0.270. The van der Waals surface area contributed by atoms with Gasteiger partial charge in [0.05, 0.1) is 0 Å². The van der Waals surface area contributed by atoms with E-state index in [1.54, 1.807) is 18.7 Å². The van der Waals surface area contributed by atoms with Crippen LogP contribution in [0.3, 0.4) is 0 Å². The smallest absolute Gasteiger partial charge is 0.219 e. The van der Waals surface area contributed by atoms with Gasteiger partial charge < -0.3 is 4.90 Å². The third-order valence-electron chi connectivity index (χ3n) is 2.30. The molecule has 1 aliphatic rings. The van der Waals surface area contributed by atoms with Crippen molar-refractivity contribution < 1.29 is 9.59 Å². The summed E-state index contributed by atoms with van der Waals surface area (Å²) in [5.41, 5.74) is 0. The molecular weight excluding hydrogens is 154 g/mol. The molecule has 0 N–H and O–H groups in total. The zero-order valence-electron chi connectivity index (χ0n) is 7.67. The predicted octanol–water partition coefficient (Wildman–Crippen LogP) is 0.976. The quantitative estimate of drug-likeness (QED) is 0.618. The van der Waals surface area contributed by atoms with Gasteiger partial charge in [0, 0.05) is 25.9 Å². The van der Waals surface area contributed by atoms with Gasteiger partial charge in [-0.05, 0) is 19.8 Å². The number of Topliss-reactive ketones (excluding diaryl/α,β-unsaturated/α-hetero) is 1. The maximum atomic E-state index is 11.1. The SMILES string of the molecule is CC(=O)CC1CCCN1C(C)=O.